The van der Waals surface area contributed by atoms with E-state index >= 15 is 0 Å². The van der Waals surface area contributed by atoms with Crippen molar-refractivity contribution in [3.63, 3.8) is 0 Å². The Morgan fingerprint density at radius 3 is 2.78 bits per heavy atom. The van der Waals surface area contributed by atoms with E-state index in [0.29, 0.717) is 25.3 Å². The van der Waals surface area contributed by atoms with Gasteiger partial charge in [-0.05, 0) is 19.1 Å². The monoisotopic (exact) mass is 313 g/mol. The maximum atomic E-state index is 12.3. The molecule has 0 saturated carbocycles. The van der Waals surface area contributed by atoms with Gasteiger partial charge in [0.05, 0.1) is 0 Å². The number of rotatable bonds is 4. The molecular formula is C17H23N5O. The maximum absolute atomic E-state index is 12.3. The van der Waals surface area contributed by atoms with Crippen LogP contribution in [0.15, 0.2) is 24.3 Å². The molecule has 6 nitrogen and oxygen atoms in total. The lowest BCUT2D eigenvalue weighted by Crippen LogP contribution is -2.33. The summed E-state index contributed by atoms with van der Waals surface area (Å²) in [4.78, 5) is 14.6. The fraction of sp³-hybridized carbons (Fsp3) is 0.412. The minimum absolute atomic E-state index is 0.141. The molecular weight excluding hydrogens is 290 g/mol. The fourth-order valence-corrected chi connectivity index (χ4v) is 3.02. The molecule has 2 heterocycles. The van der Waals surface area contributed by atoms with E-state index in [1.807, 2.05) is 11.7 Å². The van der Waals surface area contributed by atoms with Gasteiger partial charge in [0.25, 0.3) is 5.91 Å². The Morgan fingerprint density at radius 1 is 1.35 bits per heavy atom. The van der Waals surface area contributed by atoms with Crippen LogP contribution in [0.3, 0.4) is 0 Å². The van der Waals surface area contributed by atoms with Crippen molar-refractivity contribution in [3.8, 4) is 0 Å². The molecule has 6 heteroatoms. The van der Waals surface area contributed by atoms with E-state index in [4.69, 9.17) is 5.73 Å². The van der Waals surface area contributed by atoms with Crippen LogP contribution in [0.1, 0.15) is 27.3 Å². The Labute approximate surface area is 136 Å². The molecule has 122 valence electrons. The third-order valence-electron chi connectivity index (χ3n) is 4.29. The van der Waals surface area contributed by atoms with E-state index in [-0.39, 0.29) is 5.91 Å². The number of nitrogens with zero attached hydrogens (tertiary/aromatic N) is 3. The van der Waals surface area contributed by atoms with Crippen LogP contribution < -0.4 is 16.0 Å². The smallest absolute Gasteiger partial charge is 0.272 e. The number of aryl methyl sites for hydroxylation is 2. The van der Waals surface area contributed by atoms with E-state index < -0.39 is 0 Å². The zero-order valence-corrected chi connectivity index (χ0v) is 13.7. The predicted octanol–water partition coefficient (Wildman–Crippen LogP) is 0.980. The molecule has 1 aromatic carbocycles. The van der Waals surface area contributed by atoms with Crippen LogP contribution in [0, 0.1) is 6.92 Å². The lowest BCUT2D eigenvalue weighted by atomic mass is 10.0. The summed E-state index contributed by atoms with van der Waals surface area (Å²) >= 11 is 0. The van der Waals surface area contributed by atoms with Crippen molar-refractivity contribution < 1.29 is 4.79 Å². The van der Waals surface area contributed by atoms with Gasteiger partial charge in [-0.2, -0.15) is 5.10 Å². The molecule has 1 aromatic heterocycles. The van der Waals surface area contributed by atoms with Crippen molar-refractivity contribution in [3.05, 3.63) is 46.8 Å². The number of fused-ring (bicyclic) bond motifs is 1. The molecule has 1 aliphatic rings. The fourth-order valence-electron chi connectivity index (χ4n) is 3.02. The number of hydrogen-bond acceptors (Lipinski definition) is 4. The van der Waals surface area contributed by atoms with Crippen molar-refractivity contribution in [1.29, 1.82) is 0 Å². The Bertz CT molecular complexity index is 705. The van der Waals surface area contributed by atoms with Crippen LogP contribution >= 0.6 is 0 Å². The largest absolute Gasteiger partial charge is 0.367 e. The van der Waals surface area contributed by atoms with E-state index in [2.05, 4.69) is 46.5 Å². The third kappa shape index (κ3) is 3.07. The molecule has 3 N–H and O–H groups in total. The molecule has 3 rings (SSSR count). The zero-order chi connectivity index (χ0) is 16.4. The Hall–Kier alpha value is -2.34. The summed E-state index contributed by atoms with van der Waals surface area (Å²) in [5, 5.41) is 7.24. The van der Waals surface area contributed by atoms with Gasteiger partial charge in [0.2, 0.25) is 0 Å². The van der Waals surface area contributed by atoms with Crippen molar-refractivity contribution in [2.45, 2.75) is 19.9 Å². The Balaban J connectivity index is 1.86. The van der Waals surface area contributed by atoms with Gasteiger partial charge in [-0.25, -0.2) is 0 Å². The lowest BCUT2D eigenvalue weighted by Gasteiger charge is -2.29. The van der Waals surface area contributed by atoms with Gasteiger partial charge >= 0.3 is 0 Å². The third-order valence-corrected chi connectivity index (χ3v) is 4.29. The number of nitrogens with one attached hydrogen (secondary N) is 1. The highest BCUT2D eigenvalue weighted by molar-refractivity contribution is 5.94. The highest BCUT2D eigenvalue weighted by Crippen LogP contribution is 2.26. The van der Waals surface area contributed by atoms with Gasteiger partial charge in [-0.1, -0.05) is 17.7 Å². The summed E-state index contributed by atoms with van der Waals surface area (Å²) in [6.07, 6.45) is 0.886. The highest BCUT2D eigenvalue weighted by atomic mass is 16.1. The summed E-state index contributed by atoms with van der Waals surface area (Å²) in [6.45, 7) is 4.61. The van der Waals surface area contributed by atoms with Gasteiger partial charge < -0.3 is 16.0 Å². The van der Waals surface area contributed by atoms with Crippen LogP contribution in [-0.2, 0) is 20.0 Å². The number of carbonyl (C=O) groups excluding carboxylic acids is 1. The van der Waals surface area contributed by atoms with Gasteiger partial charge in [0.15, 0.2) is 5.69 Å². The van der Waals surface area contributed by atoms with Crippen molar-refractivity contribution in [2.75, 3.05) is 24.5 Å². The Morgan fingerprint density at radius 2 is 2.09 bits per heavy atom. The van der Waals surface area contributed by atoms with E-state index in [0.717, 1.165) is 24.2 Å². The van der Waals surface area contributed by atoms with Crippen molar-refractivity contribution in [2.24, 2.45) is 12.8 Å². The van der Waals surface area contributed by atoms with Crippen LogP contribution in [-0.4, -0.2) is 35.3 Å². The number of benzene rings is 1. The van der Waals surface area contributed by atoms with E-state index in [9.17, 15) is 4.79 Å². The average Bonchev–Trinajstić information content (AvgIpc) is 2.90. The van der Waals surface area contributed by atoms with Gasteiger partial charge in [0.1, 0.15) is 0 Å². The summed E-state index contributed by atoms with van der Waals surface area (Å²) in [5.41, 5.74) is 10.6. The quantitative estimate of drug-likeness (QED) is 0.882. The SMILES string of the molecule is Cc1ccc(N2CCc3c(c(C(=O)NCCN)nn3C)C2)cc1. The first-order valence-corrected chi connectivity index (χ1v) is 7.94. The molecule has 1 aliphatic heterocycles. The molecule has 0 bridgehead atoms. The molecule has 0 spiro atoms. The second-order valence-corrected chi connectivity index (χ2v) is 5.95. The van der Waals surface area contributed by atoms with Crippen molar-refractivity contribution >= 4 is 11.6 Å². The van der Waals surface area contributed by atoms with Crippen LogP contribution in [0.5, 0.6) is 0 Å². The maximum Gasteiger partial charge on any atom is 0.272 e. The van der Waals surface area contributed by atoms with E-state index in [1.54, 1.807) is 0 Å². The zero-order valence-electron chi connectivity index (χ0n) is 13.7. The minimum Gasteiger partial charge on any atom is -0.367 e. The normalized spacial score (nSPS) is 13.8. The van der Waals surface area contributed by atoms with Gasteiger partial charge in [-0.3, -0.25) is 9.48 Å². The predicted molar refractivity (Wildman–Crippen MR) is 90.5 cm³/mol. The first kappa shape index (κ1) is 15.6. The highest BCUT2D eigenvalue weighted by Gasteiger charge is 2.27. The number of nitrogens with two attached hydrogens (primary N) is 1. The molecule has 0 unspecified atom stereocenters. The molecule has 2 aromatic rings. The standard InChI is InChI=1S/C17H23N5O/c1-12-3-5-13(6-4-12)22-10-7-15-14(11-22)16(20-21(15)2)17(23)19-9-8-18/h3-6H,7-11,18H2,1-2H3,(H,19,23). The second-order valence-electron chi connectivity index (χ2n) is 5.95. The van der Waals surface area contributed by atoms with Crippen LogP contribution in [0.2, 0.25) is 0 Å². The number of anilines is 1. The Kier molecular flexibility index (Phi) is 4.34. The van der Waals surface area contributed by atoms with Gasteiger partial charge in [0, 0.05) is 56.6 Å². The summed E-state index contributed by atoms with van der Waals surface area (Å²) in [7, 11) is 1.90. The number of amides is 1. The molecule has 1 amide bonds. The topological polar surface area (TPSA) is 76.2 Å². The summed E-state index contributed by atoms with van der Waals surface area (Å²) in [6, 6.07) is 8.49. The molecule has 0 atom stereocenters. The first-order valence-electron chi connectivity index (χ1n) is 7.94. The second kappa shape index (κ2) is 6.42. The molecule has 23 heavy (non-hydrogen) atoms. The first-order chi connectivity index (χ1) is 11.1. The van der Waals surface area contributed by atoms with Crippen LogP contribution in [0.25, 0.3) is 0 Å². The molecule has 0 radical (unpaired) electrons. The average molecular weight is 313 g/mol. The number of carbonyl (C=O) groups is 1. The molecule has 0 aliphatic carbocycles. The lowest BCUT2D eigenvalue weighted by molar-refractivity contribution is 0.0948. The number of aromatic nitrogens is 2. The molecule has 0 saturated heterocycles. The summed E-state index contributed by atoms with van der Waals surface area (Å²) in [5.74, 6) is -0.141. The van der Waals surface area contributed by atoms with E-state index in [1.165, 1.54) is 11.3 Å². The summed E-state index contributed by atoms with van der Waals surface area (Å²) < 4.78 is 1.83. The van der Waals surface area contributed by atoms with Crippen molar-refractivity contribution in [1.82, 2.24) is 15.1 Å². The number of hydrogen-bond donors (Lipinski definition) is 2. The minimum atomic E-state index is -0.141. The van der Waals surface area contributed by atoms with Crippen LogP contribution in [0.4, 0.5) is 5.69 Å². The molecule has 0 fully saturated rings. The van der Waals surface area contributed by atoms with Gasteiger partial charge in [-0.15, -0.1) is 0 Å².